The van der Waals surface area contributed by atoms with Gasteiger partial charge in [-0.25, -0.2) is 0 Å². The smallest absolute Gasteiger partial charge is 0.383 e. The lowest BCUT2D eigenvalue weighted by Crippen LogP contribution is -2.37. The van der Waals surface area contributed by atoms with Gasteiger partial charge in [-0.1, -0.05) is 0 Å². The fourth-order valence-electron chi connectivity index (χ4n) is 1.49. The molecular weight excluding hydrogens is 235 g/mol. The van der Waals surface area contributed by atoms with Crippen LogP contribution in [0.25, 0.3) is 0 Å². The molecule has 0 aliphatic heterocycles. The summed E-state index contributed by atoms with van der Waals surface area (Å²) >= 11 is 0. The highest BCUT2D eigenvalue weighted by Crippen LogP contribution is 2.37. The normalized spacial score (nSPS) is 17.6. The first-order valence-electron chi connectivity index (χ1n) is 4.98. The predicted octanol–water partition coefficient (Wildman–Crippen LogP) is 2.34. The van der Waals surface area contributed by atoms with Crippen molar-refractivity contribution in [1.29, 1.82) is 0 Å². The van der Waals surface area contributed by atoms with Crippen molar-refractivity contribution in [1.82, 2.24) is 4.98 Å². The van der Waals surface area contributed by atoms with Crippen LogP contribution in [0.4, 0.5) is 13.2 Å². The van der Waals surface area contributed by atoms with E-state index in [1.807, 2.05) is 0 Å². The van der Waals surface area contributed by atoms with Gasteiger partial charge in [0.05, 0.1) is 11.7 Å². The summed E-state index contributed by atoms with van der Waals surface area (Å²) in [4.78, 5) is 3.63. The summed E-state index contributed by atoms with van der Waals surface area (Å²) in [5.41, 5.74) is -2.95. The molecule has 0 fully saturated rings. The molecule has 17 heavy (non-hydrogen) atoms. The third-order valence-corrected chi connectivity index (χ3v) is 2.82. The van der Waals surface area contributed by atoms with Gasteiger partial charge in [-0.3, -0.25) is 4.98 Å². The molecule has 0 saturated heterocycles. The Labute approximate surface area is 97.2 Å². The summed E-state index contributed by atoms with van der Waals surface area (Å²) in [5, 5.41) is 10.1. The lowest BCUT2D eigenvalue weighted by atomic mass is 9.88. The van der Waals surface area contributed by atoms with Gasteiger partial charge in [0.15, 0.2) is 0 Å². The number of alkyl halides is 3. The van der Waals surface area contributed by atoms with Crippen LogP contribution in [0.2, 0.25) is 0 Å². The van der Waals surface area contributed by atoms with Crippen LogP contribution < -0.4 is 0 Å². The number of pyridine rings is 1. The quantitative estimate of drug-likeness (QED) is 0.894. The number of hydrogen-bond donors (Lipinski definition) is 1. The van der Waals surface area contributed by atoms with E-state index in [4.69, 9.17) is 4.74 Å². The number of aromatic nitrogens is 1. The van der Waals surface area contributed by atoms with E-state index in [0.717, 1.165) is 18.5 Å². The van der Waals surface area contributed by atoms with Gasteiger partial charge in [0.25, 0.3) is 0 Å². The van der Waals surface area contributed by atoms with Gasteiger partial charge >= 0.3 is 6.18 Å². The Morgan fingerprint density at radius 2 is 1.94 bits per heavy atom. The van der Waals surface area contributed by atoms with Crippen molar-refractivity contribution >= 4 is 0 Å². The zero-order chi connectivity index (χ0) is 13.3. The molecule has 0 spiro atoms. The molecule has 1 rings (SSSR count). The van der Waals surface area contributed by atoms with Gasteiger partial charge in [-0.05, 0) is 19.9 Å². The highest BCUT2D eigenvalue weighted by molar-refractivity contribution is 5.32. The Bertz CT molecular complexity index is 391. The van der Waals surface area contributed by atoms with Crippen molar-refractivity contribution in [3.8, 4) is 0 Å². The second kappa shape index (κ2) is 4.62. The maximum absolute atomic E-state index is 12.8. The number of nitrogens with zero attached hydrogens (tertiary/aromatic N) is 1. The average molecular weight is 249 g/mol. The highest BCUT2D eigenvalue weighted by atomic mass is 19.4. The Hall–Kier alpha value is -1.14. The van der Waals surface area contributed by atoms with Crippen LogP contribution in [-0.4, -0.2) is 23.3 Å². The van der Waals surface area contributed by atoms with E-state index >= 15 is 0 Å². The Balaban J connectivity index is 3.32. The molecule has 2 unspecified atom stereocenters. The van der Waals surface area contributed by atoms with E-state index in [9.17, 15) is 18.3 Å². The first-order chi connectivity index (χ1) is 7.71. The van der Waals surface area contributed by atoms with Crippen molar-refractivity contribution in [3.05, 3.63) is 29.6 Å². The molecule has 1 heterocycles. The molecule has 1 N–H and O–H groups in total. The minimum atomic E-state index is -4.53. The first kappa shape index (κ1) is 13.9. The van der Waals surface area contributed by atoms with Crippen molar-refractivity contribution in [2.24, 2.45) is 0 Å². The SMILES string of the molecule is COC(C)C(C)(O)c1cnccc1C(F)(F)F. The summed E-state index contributed by atoms with van der Waals surface area (Å²) in [6, 6.07) is 0.839. The molecule has 0 amide bonds. The van der Waals surface area contributed by atoms with Gasteiger partial charge in [0, 0.05) is 25.1 Å². The fraction of sp³-hybridized carbons (Fsp3) is 0.545. The van der Waals surface area contributed by atoms with E-state index in [1.54, 1.807) is 0 Å². The molecule has 96 valence electrons. The maximum atomic E-state index is 12.8. The van der Waals surface area contributed by atoms with Crippen LogP contribution in [-0.2, 0) is 16.5 Å². The van der Waals surface area contributed by atoms with Gasteiger partial charge in [-0.2, -0.15) is 13.2 Å². The second-order valence-corrected chi connectivity index (χ2v) is 3.94. The highest BCUT2D eigenvalue weighted by Gasteiger charge is 2.41. The third-order valence-electron chi connectivity index (χ3n) is 2.82. The molecular formula is C11H14F3NO2. The van der Waals surface area contributed by atoms with E-state index in [-0.39, 0.29) is 5.56 Å². The molecule has 6 heteroatoms. The molecule has 0 bridgehead atoms. The van der Waals surface area contributed by atoms with Crippen molar-refractivity contribution < 1.29 is 23.0 Å². The van der Waals surface area contributed by atoms with E-state index in [0.29, 0.717) is 0 Å². The molecule has 0 aromatic carbocycles. The Morgan fingerprint density at radius 3 is 2.41 bits per heavy atom. The molecule has 3 nitrogen and oxygen atoms in total. The monoisotopic (exact) mass is 249 g/mol. The summed E-state index contributed by atoms with van der Waals surface area (Å²) in [7, 11) is 1.32. The van der Waals surface area contributed by atoms with Crippen LogP contribution in [0.15, 0.2) is 18.5 Å². The van der Waals surface area contributed by atoms with Crippen LogP contribution in [0.3, 0.4) is 0 Å². The van der Waals surface area contributed by atoms with Crippen LogP contribution in [0.1, 0.15) is 25.0 Å². The summed E-state index contributed by atoms with van der Waals surface area (Å²) in [5.74, 6) is 0. The number of aliphatic hydroxyl groups is 1. The fourth-order valence-corrected chi connectivity index (χ4v) is 1.49. The predicted molar refractivity (Wildman–Crippen MR) is 55.3 cm³/mol. The minimum absolute atomic E-state index is 0.290. The van der Waals surface area contributed by atoms with E-state index in [1.165, 1.54) is 21.0 Å². The lowest BCUT2D eigenvalue weighted by molar-refractivity contribution is -0.144. The summed E-state index contributed by atoms with van der Waals surface area (Å²) in [6.45, 7) is 2.76. The van der Waals surface area contributed by atoms with Crippen LogP contribution >= 0.6 is 0 Å². The number of rotatable bonds is 3. The molecule has 0 aliphatic rings. The molecule has 0 aliphatic carbocycles. The molecule has 1 aromatic rings. The standard InChI is InChI=1S/C11H14F3NO2/c1-7(17-3)10(2,16)9-6-15-5-4-8(9)11(12,13)14/h4-7,16H,1-3H3. The summed E-state index contributed by atoms with van der Waals surface area (Å²) < 4.78 is 43.2. The first-order valence-corrected chi connectivity index (χ1v) is 4.98. The number of halogens is 3. The molecule has 0 radical (unpaired) electrons. The molecule has 1 aromatic heterocycles. The average Bonchev–Trinajstić information content (AvgIpc) is 2.26. The van der Waals surface area contributed by atoms with Crippen molar-refractivity contribution in [2.75, 3.05) is 7.11 Å². The number of ether oxygens (including phenoxy) is 1. The van der Waals surface area contributed by atoms with Crippen molar-refractivity contribution in [2.45, 2.75) is 31.7 Å². The Morgan fingerprint density at radius 1 is 1.35 bits per heavy atom. The van der Waals surface area contributed by atoms with Gasteiger partial charge in [-0.15, -0.1) is 0 Å². The second-order valence-electron chi connectivity index (χ2n) is 3.94. The topological polar surface area (TPSA) is 42.4 Å². The van der Waals surface area contributed by atoms with E-state index < -0.39 is 23.4 Å². The summed E-state index contributed by atoms with van der Waals surface area (Å²) in [6.07, 6.45) is -3.26. The lowest BCUT2D eigenvalue weighted by Gasteiger charge is -2.31. The molecule has 0 saturated carbocycles. The van der Waals surface area contributed by atoms with Gasteiger partial charge in [0.2, 0.25) is 0 Å². The Kier molecular flexibility index (Phi) is 3.78. The van der Waals surface area contributed by atoms with Crippen LogP contribution in [0.5, 0.6) is 0 Å². The maximum Gasteiger partial charge on any atom is 0.416 e. The van der Waals surface area contributed by atoms with Gasteiger partial charge < -0.3 is 9.84 Å². The largest absolute Gasteiger partial charge is 0.416 e. The number of methoxy groups -OCH3 is 1. The minimum Gasteiger partial charge on any atom is -0.383 e. The zero-order valence-corrected chi connectivity index (χ0v) is 9.75. The number of hydrogen-bond acceptors (Lipinski definition) is 3. The van der Waals surface area contributed by atoms with Gasteiger partial charge in [0.1, 0.15) is 5.60 Å². The van der Waals surface area contributed by atoms with E-state index in [2.05, 4.69) is 4.98 Å². The molecule has 2 atom stereocenters. The van der Waals surface area contributed by atoms with Crippen LogP contribution in [0, 0.1) is 0 Å². The van der Waals surface area contributed by atoms with Crippen molar-refractivity contribution in [3.63, 3.8) is 0 Å². The zero-order valence-electron chi connectivity index (χ0n) is 9.75. The third kappa shape index (κ3) is 2.76.